The maximum atomic E-state index is 6.00. The molecule has 0 radical (unpaired) electrons. The third kappa shape index (κ3) is 5.84. The number of ether oxygens (including phenoxy) is 4. The Morgan fingerprint density at radius 3 is 2.37 bits per heavy atom. The minimum absolute atomic E-state index is 0. The molecule has 0 spiro atoms. The highest BCUT2D eigenvalue weighted by molar-refractivity contribution is 14.0. The van der Waals surface area contributed by atoms with Gasteiger partial charge in [-0.15, -0.1) is 24.0 Å². The SMILES string of the molecule is CCNC(=NCc1c(OC)cc(OC)cc1OC)NCC1Cc2ccccc2O1.I. The molecule has 3 rings (SSSR count). The van der Waals surface area contributed by atoms with Gasteiger partial charge < -0.3 is 29.6 Å². The molecule has 0 saturated carbocycles. The largest absolute Gasteiger partial charge is 0.496 e. The van der Waals surface area contributed by atoms with E-state index in [-0.39, 0.29) is 30.1 Å². The van der Waals surface area contributed by atoms with Gasteiger partial charge in [-0.05, 0) is 18.6 Å². The Morgan fingerprint density at radius 1 is 1.07 bits per heavy atom. The summed E-state index contributed by atoms with van der Waals surface area (Å²) >= 11 is 0. The van der Waals surface area contributed by atoms with Crippen LogP contribution in [0.3, 0.4) is 0 Å². The fourth-order valence-electron chi connectivity index (χ4n) is 3.31. The molecule has 0 amide bonds. The monoisotopic (exact) mass is 527 g/mol. The van der Waals surface area contributed by atoms with E-state index in [0.717, 1.165) is 24.3 Å². The van der Waals surface area contributed by atoms with E-state index in [1.54, 1.807) is 21.3 Å². The average molecular weight is 527 g/mol. The predicted octanol–water partition coefficient (Wildman–Crippen LogP) is 3.39. The summed E-state index contributed by atoms with van der Waals surface area (Å²) in [5, 5.41) is 6.65. The molecule has 30 heavy (non-hydrogen) atoms. The summed E-state index contributed by atoms with van der Waals surface area (Å²) in [6, 6.07) is 11.8. The minimum atomic E-state index is 0. The number of rotatable bonds is 8. The Bertz CT molecular complexity index is 810. The molecule has 1 unspecified atom stereocenters. The molecule has 8 heteroatoms. The van der Waals surface area contributed by atoms with Gasteiger partial charge in [0.05, 0.1) is 40.0 Å². The van der Waals surface area contributed by atoms with Crippen LogP contribution >= 0.6 is 24.0 Å². The molecule has 1 aliphatic heterocycles. The minimum Gasteiger partial charge on any atom is -0.496 e. The summed E-state index contributed by atoms with van der Waals surface area (Å²) in [4.78, 5) is 4.70. The summed E-state index contributed by atoms with van der Waals surface area (Å²) in [6.45, 7) is 3.86. The van der Waals surface area contributed by atoms with Gasteiger partial charge in [-0.1, -0.05) is 18.2 Å². The summed E-state index contributed by atoms with van der Waals surface area (Å²) in [6.07, 6.45) is 0.976. The standard InChI is InChI=1S/C22H29N3O4.HI/c1-5-23-22(24-13-17-10-15-8-6-7-9-19(15)29-17)25-14-18-20(27-3)11-16(26-2)12-21(18)28-4;/h6-9,11-12,17H,5,10,13-14H2,1-4H3,(H2,23,24,25);1H. The number of nitrogens with one attached hydrogen (secondary N) is 2. The first-order chi connectivity index (χ1) is 14.2. The van der Waals surface area contributed by atoms with E-state index in [2.05, 4.69) is 16.7 Å². The number of fused-ring (bicyclic) bond motifs is 1. The number of halogens is 1. The number of hydrogen-bond acceptors (Lipinski definition) is 5. The quantitative estimate of drug-likeness (QED) is 0.312. The van der Waals surface area contributed by atoms with Crippen LogP contribution in [0.25, 0.3) is 0 Å². The number of nitrogens with zero attached hydrogens (tertiary/aromatic N) is 1. The van der Waals surface area contributed by atoms with Crippen molar-refractivity contribution in [1.29, 1.82) is 0 Å². The van der Waals surface area contributed by atoms with Crippen molar-refractivity contribution in [2.45, 2.75) is 26.0 Å². The maximum Gasteiger partial charge on any atom is 0.191 e. The Labute approximate surface area is 195 Å². The first kappa shape index (κ1) is 23.9. The molecule has 2 N–H and O–H groups in total. The molecular formula is C22H30IN3O4. The summed E-state index contributed by atoms with van der Waals surface area (Å²) < 4.78 is 22.3. The van der Waals surface area contributed by atoms with Crippen molar-refractivity contribution < 1.29 is 18.9 Å². The molecule has 1 aliphatic rings. The second kappa shape index (κ2) is 11.7. The number of guanidine groups is 1. The summed E-state index contributed by atoms with van der Waals surface area (Å²) in [5.74, 6) is 3.71. The molecule has 1 heterocycles. The van der Waals surface area contributed by atoms with E-state index in [1.807, 2.05) is 37.3 Å². The van der Waals surface area contributed by atoms with Crippen LogP contribution in [0.5, 0.6) is 23.0 Å². The highest BCUT2D eigenvalue weighted by Gasteiger charge is 2.22. The van der Waals surface area contributed by atoms with E-state index < -0.39 is 0 Å². The number of benzene rings is 2. The van der Waals surface area contributed by atoms with Gasteiger partial charge in [0.1, 0.15) is 29.1 Å². The van der Waals surface area contributed by atoms with E-state index in [4.69, 9.17) is 23.9 Å². The second-order valence-corrected chi connectivity index (χ2v) is 6.64. The van der Waals surface area contributed by atoms with E-state index in [0.29, 0.717) is 36.3 Å². The van der Waals surface area contributed by atoms with Gasteiger partial charge in [-0.25, -0.2) is 4.99 Å². The van der Waals surface area contributed by atoms with Crippen molar-refractivity contribution >= 4 is 29.9 Å². The Morgan fingerprint density at radius 2 is 1.77 bits per heavy atom. The van der Waals surface area contributed by atoms with Crippen LogP contribution in [0.15, 0.2) is 41.4 Å². The van der Waals surface area contributed by atoms with Crippen LogP contribution in [0.1, 0.15) is 18.1 Å². The van der Waals surface area contributed by atoms with Crippen molar-refractivity contribution in [3.05, 3.63) is 47.5 Å². The Kier molecular flexibility index (Phi) is 9.35. The zero-order valence-corrected chi connectivity index (χ0v) is 20.2. The van der Waals surface area contributed by atoms with E-state index in [9.17, 15) is 0 Å². The highest BCUT2D eigenvalue weighted by Crippen LogP contribution is 2.34. The first-order valence-electron chi connectivity index (χ1n) is 9.74. The smallest absolute Gasteiger partial charge is 0.191 e. The van der Waals surface area contributed by atoms with Gasteiger partial charge in [0.25, 0.3) is 0 Å². The van der Waals surface area contributed by atoms with Crippen molar-refractivity contribution in [2.75, 3.05) is 34.4 Å². The van der Waals surface area contributed by atoms with Crippen LogP contribution in [0.4, 0.5) is 0 Å². The lowest BCUT2D eigenvalue weighted by Crippen LogP contribution is -2.42. The fraction of sp³-hybridized carbons (Fsp3) is 0.409. The summed E-state index contributed by atoms with van der Waals surface area (Å²) in [7, 11) is 4.86. The van der Waals surface area contributed by atoms with Crippen molar-refractivity contribution in [3.63, 3.8) is 0 Å². The molecule has 7 nitrogen and oxygen atoms in total. The van der Waals surface area contributed by atoms with Gasteiger partial charge >= 0.3 is 0 Å². The van der Waals surface area contributed by atoms with Crippen LogP contribution in [0, 0.1) is 0 Å². The molecule has 164 valence electrons. The van der Waals surface area contributed by atoms with Crippen LogP contribution in [-0.4, -0.2) is 46.5 Å². The Balaban J connectivity index is 0.00000320. The number of aliphatic imine (C=N–C) groups is 1. The van der Waals surface area contributed by atoms with Gasteiger partial charge in [-0.3, -0.25) is 0 Å². The third-order valence-electron chi connectivity index (χ3n) is 4.77. The van der Waals surface area contributed by atoms with Crippen LogP contribution in [-0.2, 0) is 13.0 Å². The van der Waals surface area contributed by atoms with E-state index >= 15 is 0 Å². The lowest BCUT2D eigenvalue weighted by atomic mass is 10.1. The van der Waals surface area contributed by atoms with Crippen molar-refractivity contribution in [3.8, 4) is 23.0 Å². The molecule has 2 aromatic rings. The second-order valence-electron chi connectivity index (χ2n) is 6.64. The summed E-state index contributed by atoms with van der Waals surface area (Å²) in [5.41, 5.74) is 2.10. The van der Waals surface area contributed by atoms with Gasteiger partial charge in [0, 0.05) is 25.1 Å². The first-order valence-corrected chi connectivity index (χ1v) is 9.74. The molecule has 0 saturated heterocycles. The Hall–Kier alpha value is -2.36. The molecule has 0 fully saturated rings. The number of para-hydroxylation sites is 1. The third-order valence-corrected chi connectivity index (χ3v) is 4.77. The number of methoxy groups -OCH3 is 3. The van der Waals surface area contributed by atoms with Gasteiger partial charge in [-0.2, -0.15) is 0 Å². The zero-order valence-electron chi connectivity index (χ0n) is 17.9. The number of hydrogen-bond donors (Lipinski definition) is 2. The molecule has 0 aliphatic carbocycles. The normalized spacial score (nSPS) is 14.8. The van der Waals surface area contributed by atoms with E-state index in [1.165, 1.54) is 5.56 Å². The lowest BCUT2D eigenvalue weighted by Gasteiger charge is -2.17. The van der Waals surface area contributed by atoms with Crippen LogP contribution < -0.4 is 29.6 Å². The van der Waals surface area contributed by atoms with Gasteiger partial charge in [0.2, 0.25) is 0 Å². The molecule has 0 bridgehead atoms. The average Bonchev–Trinajstić information content (AvgIpc) is 3.18. The topological polar surface area (TPSA) is 73.3 Å². The molecule has 1 atom stereocenters. The fourth-order valence-corrected chi connectivity index (χ4v) is 3.31. The molecular weight excluding hydrogens is 497 g/mol. The van der Waals surface area contributed by atoms with Crippen molar-refractivity contribution in [1.82, 2.24) is 10.6 Å². The van der Waals surface area contributed by atoms with Crippen molar-refractivity contribution in [2.24, 2.45) is 4.99 Å². The highest BCUT2D eigenvalue weighted by atomic mass is 127. The predicted molar refractivity (Wildman–Crippen MR) is 129 cm³/mol. The zero-order chi connectivity index (χ0) is 20.6. The molecule has 2 aromatic carbocycles. The maximum absolute atomic E-state index is 6.00. The molecule has 0 aromatic heterocycles. The van der Waals surface area contributed by atoms with Crippen LogP contribution in [0.2, 0.25) is 0 Å². The van der Waals surface area contributed by atoms with Gasteiger partial charge in [0.15, 0.2) is 5.96 Å². The lowest BCUT2D eigenvalue weighted by molar-refractivity contribution is 0.235.